The zero-order chi connectivity index (χ0) is 17.9. The summed E-state index contributed by atoms with van der Waals surface area (Å²) >= 11 is 5.04. The summed E-state index contributed by atoms with van der Waals surface area (Å²) in [6.45, 7) is 0. The SMILES string of the molecule is CNC(=O)CCc1ccc(NC(=S)NC(=O)CCC(=O)OC)cc1. The third-order valence-electron chi connectivity index (χ3n) is 3.17. The Labute approximate surface area is 146 Å². The molecule has 0 unspecified atom stereocenters. The van der Waals surface area contributed by atoms with Gasteiger partial charge in [0, 0.05) is 25.6 Å². The lowest BCUT2D eigenvalue weighted by molar-refractivity contribution is -0.142. The molecule has 0 saturated heterocycles. The molecule has 24 heavy (non-hydrogen) atoms. The molecule has 0 aliphatic carbocycles. The van der Waals surface area contributed by atoms with Gasteiger partial charge in [-0.1, -0.05) is 12.1 Å². The normalized spacial score (nSPS) is 9.75. The number of hydrogen-bond acceptors (Lipinski definition) is 5. The minimum atomic E-state index is -0.448. The molecule has 0 spiro atoms. The second kappa shape index (κ2) is 10.3. The molecule has 1 rings (SSSR count). The Morgan fingerprint density at radius 3 is 2.29 bits per heavy atom. The Balaban J connectivity index is 2.40. The van der Waals surface area contributed by atoms with Gasteiger partial charge in [0.25, 0.3) is 0 Å². The van der Waals surface area contributed by atoms with Gasteiger partial charge in [0.15, 0.2) is 5.11 Å². The van der Waals surface area contributed by atoms with Gasteiger partial charge >= 0.3 is 5.97 Å². The van der Waals surface area contributed by atoms with Crippen molar-refractivity contribution in [2.75, 3.05) is 19.5 Å². The molecule has 130 valence electrons. The Morgan fingerprint density at radius 2 is 1.71 bits per heavy atom. The highest BCUT2D eigenvalue weighted by Gasteiger charge is 2.08. The van der Waals surface area contributed by atoms with E-state index < -0.39 is 5.97 Å². The first-order chi connectivity index (χ1) is 11.4. The predicted octanol–water partition coefficient (Wildman–Crippen LogP) is 1.13. The summed E-state index contributed by atoms with van der Waals surface area (Å²) < 4.78 is 4.46. The van der Waals surface area contributed by atoms with E-state index in [1.165, 1.54) is 7.11 Å². The fourth-order valence-electron chi connectivity index (χ4n) is 1.81. The topological polar surface area (TPSA) is 96.5 Å². The number of thiocarbonyl (C=S) groups is 1. The molecule has 1 aromatic rings. The van der Waals surface area contributed by atoms with Crippen molar-refractivity contribution in [1.82, 2.24) is 10.6 Å². The van der Waals surface area contributed by atoms with Crippen LogP contribution in [0, 0.1) is 0 Å². The predicted molar refractivity (Wildman–Crippen MR) is 94.4 cm³/mol. The van der Waals surface area contributed by atoms with Crippen LogP contribution in [0.5, 0.6) is 0 Å². The largest absolute Gasteiger partial charge is 0.469 e. The molecule has 0 radical (unpaired) electrons. The van der Waals surface area contributed by atoms with Gasteiger partial charge < -0.3 is 20.7 Å². The van der Waals surface area contributed by atoms with Crippen LogP contribution in [0.4, 0.5) is 5.69 Å². The maximum Gasteiger partial charge on any atom is 0.306 e. The van der Waals surface area contributed by atoms with Crippen molar-refractivity contribution in [2.45, 2.75) is 25.7 Å². The number of aryl methyl sites for hydroxylation is 1. The number of nitrogens with one attached hydrogen (secondary N) is 3. The summed E-state index contributed by atoms with van der Waals surface area (Å²) in [6, 6.07) is 7.39. The Hall–Kier alpha value is -2.48. The van der Waals surface area contributed by atoms with Gasteiger partial charge in [-0.3, -0.25) is 14.4 Å². The molecule has 0 aromatic heterocycles. The molecule has 7 nitrogen and oxygen atoms in total. The van der Waals surface area contributed by atoms with E-state index in [1.807, 2.05) is 24.3 Å². The van der Waals surface area contributed by atoms with Crippen molar-refractivity contribution in [3.63, 3.8) is 0 Å². The number of carbonyl (C=O) groups excluding carboxylic acids is 3. The number of ether oxygens (including phenoxy) is 1. The first-order valence-corrected chi connectivity index (χ1v) is 7.82. The number of carbonyl (C=O) groups is 3. The average Bonchev–Trinajstić information content (AvgIpc) is 2.58. The van der Waals surface area contributed by atoms with Crippen LogP contribution in [0.2, 0.25) is 0 Å². The molecular formula is C16H21N3O4S. The molecule has 3 N–H and O–H groups in total. The standard InChI is InChI=1S/C16H21N3O4S/c1-17-13(20)8-5-11-3-6-12(7-4-11)18-16(24)19-14(21)9-10-15(22)23-2/h3-4,6-7H,5,8-10H2,1-2H3,(H,17,20)(H2,18,19,21,24). The van der Waals surface area contributed by atoms with Gasteiger partial charge in [0.1, 0.15) is 0 Å². The number of amides is 2. The molecule has 0 atom stereocenters. The number of anilines is 1. The van der Waals surface area contributed by atoms with Crippen molar-refractivity contribution in [1.29, 1.82) is 0 Å². The first kappa shape index (κ1) is 19.6. The molecule has 2 amide bonds. The molecule has 1 aromatic carbocycles. The minimum Gasteiger partial charge on any atom is -0.469 e. The van der Waals surface area contributed by atoms with E-state index in [0.29, 0.717) is 12.8 Å². The third-order valence-corrected chi connectivity index (χ3v) is 3.37. The summed E-state index contributed by atoms with van der Waals surface area (Å²) in [6.07, 6.45) is 1.09. The van der Waals surface area contributed by atoms with E-state index in [1.54, 1.807) is 7.05 Å². The molecule has 0 bridgehead atoms. The molecule has 0 saturated carbocycles. The van der Waals surface area contributed by atoms with Gasteiger partial charge in [-0.05, 0) is 36.3 Å². The molecule has 0 aliphatic heterocycles. The highest BCUT2D eigenvalue weighted by molar-refractivity contribution is 7.80. The summed E-state index contributed by atoms with van der Waals surface area (Å²) in [5.74, 6) is -0.815. The second-order valence-corrected chi connectivity index (χ2v) is 5.36. The number of methoxy groups -OCH3 is 1. The Morgan fingerprint density at radius 1 is 1.04 bits per heavy atom. The van der Waals surface area contributed by atoms with Gasteiger partial charge in [-0.2, -0.15) is 0 Å². The fraction of sp³-hybridized carbons (Fsp3) is 0.375. The number of hydrogen-bond donors (Lipinski definition) is 3. The quantitative estimate of drug-likeness (QED) is 0.503. The van der Waals surface area contributed by atoms with E-state index in [4.69, 9.17) is 12.2 Å². The number of benzene rings is 1. The maximum absolute atomic E-state index is 11.6. The van der Waals surface area contributed by atoms with Crippen molar-refractivity contribution < 1.29 is 19.1 Å². The van der Waals surface area contributed by atoms with E-state index in [2.05, 4.69) is 20.7 Å². The molecule has 0 aliphatic rings. The van der Waals surface area contributed by atoms with Crippen LogP contribution in [0.1, 0.15) is 24.8 Å². The van der Waals surface area contributed by atoms with E-state index in [-0.39, 0.29) is 29.8 Å². The monoisotopic (exact) mass is 351 g/mol. The molecular weight excluding hydrogens is 330 g/mol. The lowest BCUT2D eigenvalue weighted by atomic mass is 10.1. The summed E-state index contributed by atoms with van der Waals surface area (Å²) in [5.41, 5.74) is 1.74. The van der Waals surface area contributed by atoms with Crippen molar-refractivity contribution in [2.24, 2.45) is 0 Å². The van der Waals surface area contributed by atoms with E-state index in [9.17, 15) is 14.4 Å². The van der Waals surface area contributed by atoms with Gasteiger partial charge in [0.2, 0.25) is 11.8 Å². The molecule has 0 heterocycles. The Bertz CT molecular complexity index is 602. The Kier molecular flexibility index (Phi) is 8.42. The summed E-state index contributed by atoms with van der Waals surface area (Å²) in [7, 11) is 2.88. The maximum atomic E-state index is 11.6. The zero-order valence-electron chi connectivity index (χ0n) is 13.7. The van der Waals surface area contributed by atoms with Crippen LogP contribution < -0.4 is 16.0 Å². The first-order valence-electron chi connectivity index (χ1n) is 7.41. The highest BCUT2D eigenvalue weighted by atomic mass is 32.1. The van der Waals surface area contributed by atoms with Crippen molar-refractivity contribution in [3.05, 3.63) is 29.8 Å². The fourth-order valence-corrected chi connectivity index (χ4v) is 2.04. The zero-order valence-corrected chi connectivity index (χ0v) is 14.5. The number of esters is 1. The number of rotatable bonds is 7. The third kappa shape index (κ3) is 7.68. The van der Waals surface area contributed by atoms with E-state index in [0.717, 1.165) is 11.3 Å². The average molecular weight is 351 g/mol. The van der Waals surface area contributed by atoms with Crippen molar-refractivity contribution >= 4 is 40.8 Å². The van der Waals surface area contributed by atoms with Crippen LogP contribution in [0.25, 0.3) is 0 Å². The lowest BCUT2D eigenvalue weighted by Gasteiger charge is -2.10. The molecule has 8 heteroatoms. The second-order valence-electron chi connectivity index (χ2n) is 4.95. The lowest BCUT2D eigenvalue weighted by Crippen LogP contribution is -2.34. The van der Waals surface area contributed by atoms with Crippen molar-refractivity contribution in [3.8, 4) is 0 Å². The van der Waals surface area contributed by atoms with Crippen LogP contribution in [-0.2, 0) is 25.5 Å². The smallest absolute Gasteiger partial charge is 0.306 e. The van der Waals surface area contributed by atoms with E-state index >= 15 is 0 Å². The van der Waals surface area contributed by atoms with Gasteiger partial charge in [-0.15, -0.1) is 0 Å². The van der Waals surface area contributed by atoms with Gasteiger partial charge in [-0.25, -0.2) is 0 Å². The minimum absolute atomic E-state index is 0.00494. The van der Waals surface area contributed by atoms with Crippen LogP contribution in [-0.4, -0.2) is 37.1 Å². The van der Waals surface area contributed by atoms with Crippen LogP contribution in [0.15, 0.2) is 24.3 Å². The highest BCUT2D eigenvalue weighted by Crippen LogP contribution is 2.11. The van der Waals surface area contributed by atoms with Crippen LogP contribution in [0.3, 0.4) is 0 Å². The van der Waals surface area contributed by atoms with Gasteiger partial charge in [0.05, 0.1) is 13.5 Å². The molecule has 0 fully saturated rings. The summed E-state index contributed by atoms with van der Waals surface area (Å²) in [4.78, 5) is 33.8. The summed E-state index contributed by atoms with van der Waals surface area (Å²) in [5, 5.41) is 8.10. The van der Waals surface area contributed by atoms with Crippen LogP contribution >= 0.6 is 12.2 Å².